The normalized spacial score (nSPS) is 18.7. The molecule has 2 aromatic rings. The van der Waals surface area contributed by atoms with Crippen LogP contribution in [0.2, 0.25) is 0 Å². The molecule has 3 rings (SSSR count). The van der Waals surface area contributed by atoms with E-state index in [9.17, 15) is 0 Å². The lowest BCUT2D eigenvalue weighted by molar-refractivity contribution is 0.0340. The first-order valence-electron chi connectivity index (χ1n) is 4.94. The number of ether oxygens (including phenoxy) is 1. The molecule has 0 amide bonds. The molecule has 5 heteroatoms. The van der Waals surface area contributed by atoms with Gasteiger partial charge in [0.1, 0.15) is 5.60 Å². The molecule has 78 valence electrons. The molecule has 1 saturated heterocycles. The van der Waals surface area contributed by atoms with Crippen molar-refractivity contribution in [1.82, 2.24) is 19.9 Å². The van der Waals surface area contributed by atoms with Crippen LogP contribution in [0, 0.1) is 0 Å². The molecule has 0 unspecified atom stereocenters. The Labute approximate surface area is 87.1 Å². The monoisotopic (exact) mass is 204 g/mol. The quantitative estimate of drug-likeness (QED) is 0.772. The van der Waals surface area contributed by atoms with Gasteiger partial charge in [-0.15, -0.1) is 0 Å². The summed E-state index contributed by atoms with van der Waals surface area (Å²) in [6.45, 7) is 3.84. The van der Waals surface area contributed by atoms with Gasteiger partial charge in [0.25, 0.3) is 0 Å². The molecule has 3 heterocycles. The fourth-order valence-corrected chi connectivity index (χ4v) is 1.68. The van der Waals surface area contributed by atoms with Crippen LogP contribution in [-0.4, -0.2) is 33.3 Å². The second kappa shape index (κ2) is 2.93. The second-order valence-corrected chi connectivity index (χ2v) is 4.08. The van der Waals surface area contributed by atoms with Gasteiger partial charge in [-0.2, -0.15) is 5.10 Å². The predicted octanol–water partition coefficient (Wildman–Crippen LogP) is 0.470. The fraction of sp³-hybridized carbons (Fsp3) is 0.400. The first-order chi connectivity index (χ1) is 7.25. The van der Waals surface area contributed by atoms with E-state index in [1.165, 1.54) is 0 Å². The molecule has 0 atom stereocenters. The first-order valence-corrected chi connectivity index (χ1v) is 4.94. The van der Waals surface area contributed by atoms with Crippen LogP contribution in [0.5, 0.6) is 5.75 Å². The molecule has 0 bridgehead atoms. The van der Waals surface area contributed by atoms with Crippen LogP contribution >= 0.6 is 0 Å². The average Bonchev–Trinajstić information content (AvgIpc) is 2.62. The molecule has 0 spiro atoms. The summed E-state index contributed by atoms with van der Waals surface area (Å²) in [5, 5.41) is 7.30. The standard InChI is InChI=1S/C10H12N4O/c1-10(6-11-7-10)15-8-4-12-9-2-3-13-14(9)5-8/h2-5,11H,6-7H2,1H3. The third-order valence-electron chi connectivity index (χ3n) is 2.59. The maximum absolute atomic E-state index is 5.83. The summed E-state index contributed by atoms with van der Waals surface area (Å²) < 4.78 is 7.54. The Balaban J connectivity index is 1.90. The van der Waals surface area contributed by atoms with Gasteiger partial charge < -0.3 is 10.1 Å². The van der Waals surface area contributed by atoms with Gasteiger partial charge in [-0.25, -0.2) is 9.50 Å². The van der Waals surface area contributed by atoms with Crippen molar-refractivity contribution in [2.45, 2.75) is 12.5 Å². The van der Waals surface area contributed by atoms with Crippen molar-refractivity contribution >= 4 is 5.65 Å². The fourth-order valence-electron chi connectivity index (χ4n) is 1.68. The Kier molecular flexibility index (Phi) is 1.70. The zero-order chi connectivity index (χ0) is 10.3. The van der Waals surface area contributed by atoms with E-state index in [0.29, 0.717) is 0 Å². The molecule has 1 aliphatic heterocycles. The molecule has 0 radical (unpaired) electrons. The van der Waals surface area contributed by atoms with Crippen molar-refractivity contribution < 1.29 is 4.74 Å². The van der Waals surface area contributed by atoms with Gasteiger partial charge in [-0.3, -0.25) is 0 Å². The summed E-state index contributed by atoms with van der Waals surface area (Å²) in [5.41, 5.74) is 0.738. The number of nitrogens with one attached hydrogen (secondary N) is 1. The Morgan fingerprint density at radius 1 is 1.53 bits per heavy atom. The van der Waals surface area contributed by atoms with Gasteiger partial charge >= 0.3 is 0 Å². The highest BCUT2D eigenvalue weighted by molar-refractivity contribution is 5.37. The van der Waals surface area contributed by atoms with Gasteiger partial charge in [0.2, 0.25) is 0 Å². The Morgan fingerprint density at radius 2 is 2.40 bits per heavy atom. The molecular formula is C10H12N4O. The average molecular weight is 204 g/mol. The lowest BCUT2D eigenvalue weighted by Crippen LogP contribution is -2.61. The number of hydrogen-bond donors (Lipinski definition) is 1. The summed E-state index contributed by atoms with van der Waals surface area (Å²) in [6, 6.07) is 1.86. The van der Waals surface area contributed by atoms with Crippen molar-refractivity contribution in [2.75, 3.05) is 13.1 Å². The zero-order valence-electron chi connectivity index (χ0n) is 8.47. The van der Waals surface area contributed by atoms with Gasteiger partial charge in [-0.1, -0.05) is 0 Å². The van der Waals surface area contributed by atoms with Crippen LogP contribution < -0.4 is 10.1 Å². The van der Waals surface area contributed by atoms with E-state index in [1.54, 1.807) is 16.9 Å². The number of hydrogen-bond acceptors (Lipinski definition) is 4. The van der Waals surface area contributed by atoms with E-state index < -0.39 is 0 Å². The number of nitrogens with zero attached hydrogens (tertiary/aromatic N) is 3. The van der Waals surface area contributed by atoms with Crippen LogP contribution in [0.3, 0.4) is 0 Å². The van der Waals surface area contributed by atoms with Crippen molar-refractivity contribution in [3.8, 4) is 5.75 Å². The number of fused-ring (bicyclic) bond motifs is 1. The van der Waals surface area contributed by atoms with Gasteiger partial charge in [0.05, 0.1) is 18.6 Å². The highest BCUT2D eigenvalue weighted by atomic mass is 16.5. The third-order valence-corrected chi connectivity index (χ3v) is 2.59. The lowest BCUT2D eigenvalue weighted by Gasteiger charge is -2.39. The third kappa shape index (κ3) is 1.45. The molecule has 5 nitrogen and oxygen atoms in total. The molecule has 1 fully saturated rings. The molecule has 0 saturated carbocycles. The topological polar surface area (TPSA) is 51.5 Å². The minimum absolute atomic E-state index is 0.0947. The van der Waals surface area contributed by atoms with E-state index in [1.807, 2.05) is 12.3 Å². The summed E-state index contributed by atoms with van der Waals surface area (Å²) in [7, 11) is 0. The maximum atomic E-state index is 5.83. The smallest absolute Gasteiger partial charge is 0.156 e. The highest BCUT2D eigenvalue weighted by Gasteiger charge is 2.33. The SMILES string of the molecule is CC1(Oc2cnc3ccnn3c2)CNC1. The van der Waals surface area contributed by atoms with Crippen molar-refractivity contribution in [1.29, 1.82) is 0 Å². The Morgan fingerprint density at radius 3 is 3.13 bits per heavy atom. The van der Waals surface area contributed by atoms with Crippen LogP contribution in [0.15, 0.2) is 24.7 Å². The number of rotatable bonds is 2. The Hall–Kier alpha value is -1.62. The highest BCUT2D eigenvalue weighted by Crippen LogP contribution is 2.20. The zero-order valence-corrected chi connectivity index (χ0v) is 8.47. The van der Waals surface area contributed by atoms with E-state index in [0.717, 1.165) is 24.5 Å². The summed E-state index contributed by atoms with van der Waals surface area (Å²) in [6.07, 6.45) is 5.31. The second-order valence-electron chi connectivity index (χ2n) is 4.08. The number of aromatic nitrogens is 3. The minimum atomic E-state index is -0.0947. The van der Waals surface area contributed by atoms with Crippen molar-refractivity contribution in [3.63, 3.8) is 0 Å². The van der Waals surface area contributed by atoms with E-state index in [2.05, 4.69) is 22.3 Å². The lowest BCUT2D eigenvalue weighted by atomic mass is 10.0. The first kappa shape index (κ1) is 8.67. The van der Waals surface area contributed by atoms with Crippen LogP contribution in [0.25, 0.3) is 5.65 Å². The van der Waals surface area contributed by atoms with Crippen molar-refractivity contribution in [2.24, 2.45) is 0 Å². The van der Waals surface area contributed by atoms with E-state index >= 15 is 0 Å². The van der Waals surface area contributed by atoms with Crippen LogP contribution in [0.4, 0.5) is 0 Å². The van der Waals surface area contributed by atoms with Crippen molar-refractivity contribution in [3.05, 3.63) is 24.7 Å². The van der Waals surface area contributed by atoms with Crippen LogP contribution in [-0.2, 0) is 0 Å². The Bertz CT molecular complexity index is 489. The van der Waals surface area contributed by atoms with Gasteiger partial charge in [0, 0.05) is 19.2 Å². The maximum Gasteiger partial charge on any atom is 0.156 e. The molecular weight excluding hydrogens is 192 g/mol. The van der Waals surface area contributed by atoms with E-state index in [4.69, 9.17) is 4.74 Å². The van der Waals surface area contributed by atoms with E-state index in [-0.39, 0.29) is 5.60 Å². The van der Waals surface area contributed by atoms with Gasteiger partial charge in [-0.05, 0) is 6.92 Å². The summed E-state index contributed by atoms with van der Waals surface area (Å²) in [5.74, 6) is 0.759. The molecule has 0 aliphatic carbocycles. The van der Waals surface area contributed by atoms with Gasteiger partial charge in [0.15, 0.2) is 11.4 Å². The molecule has 2 aromatic heterocycles. The summed E-state index contributed by atoms with van der Waals surface area (Å²) in [4.78, 5) is 4.24. The summed E-state index contributed by atoms with van der Waals surface area (Å²) >= 11 is 0. The molecule has 1 aliphatic rings. The largest absolute Gasteiger partial charge is 0.482 e. The van der Waals surface area contributed by atoms with Crippen LogP contribution in [0.1, 0.15) is 6.92 Å². The molecule has 0 aromatic carbocycles. The minimum Gasteiger partial charge on any atom is -0.482 e. The molecule has 15 heavy (non-hydrogen) atoms. The molecule has 1 N–H and O–H groups in total. The predicted molar refractivity (Wildman–Crippen MR) is 54.9 cm³/mol.